The van der Waals surface area contributed by atoms with Gasteiger partial charge < -0.3 is 10.6 Å². The van der Waals surface area contributed by atoms with Crippen molar-refractivity contribution in [1.29, 1.82) is 0 Å². The lowest BCUT2D eigenvalue weighted by Crippen LogP contribution is -2.30. The van der Waals surface area contributed by atoms with Crippen molar-refractivity contribution in [2.24, 2.45) is 0 Å². The van der Waals surface area contributed by atoms with Gasteiger partial charge in [-0.3, -0.25) is 0 Å². The highest BCUT2D eigenvalue weighted by Crippen LogP contribution is 2.34. The van der Waals surface area contributed by atoms with E-state index in [9.17, 15) is 18.0 Å². The molecule has 0 radical (unpaired) electrons. The van der Waals surface area contributed by atoms with E-state index in [1.54, 1.807) is 0 Å². The molecule has 0 aliphatic heterocycles. The van der Waals surface area contributed by atoms with E-state index in [4.69, 9.17) is 6.42 Å². The van der Waals surface area contributed by atoms with Crippen molar-refractivity contribution in [3.05, 3.63) is 29.8 Å². The number of carbonyl (C=O) groups is 1. The van der Waals surface area contributed by atoms with Gasteiger partial charge in [0.15, 0.2) is 0 Å². The number of alkyl halides is 3. The zero-order chi connectivity index (χ0) is 13.6. The molecule has 0 aliphatic rings. The van der Waals surface area contributed by atoms with Gasteiger partial charge in [0.2, 0.25) is 0 Å². The molecule has 3 nitrogen and oxygen atoms in total. The van der Waals surface area contributed by atoms with E-state index in [-0.39, 0.29) is 12.2 Å². The Kier molecular flexibility index (Phi) is 4.60. The topological polar surface area (TPSA) is 41.1 Å². The van der Waals surface area contributed by atoms with Crippen LogP contribution in [0.25, 0.3) is 0 Å². The van der Waals surface area contributed by atoms with Gasteiger partial charge >= 0.3 is 12.2 Å². The second kappa shape index (κ2) is 5.96. The summed E-state index contributed by atoms with van der Waals surface area (Å²) in [5, 5.41) is 4.49. The third-order valence-electron chi connectivity index (χ3n) is 2.04. The average molecular weight is 256 g/mol. The minimum atomic E-state index is -4.51. The minimum Gasteiger partial charge on any atom is -0.337 e. The van der Waals surface area contributed by atoms with Crippen molar-refractivity contribution in [3.8, 4) is 12.3 Å². The third-order valence-corrected chi connectivity index (χ3v) is 2.04. The molecule has 0 aliphatic carbocycles. The number of carbonyl (C=O) groups excluding carboxylic acids is 1. The molecule has 1 rings (SSSR count). The molecule has 6 heteroatoms. The van der Waals surface area contributed by atoms with Crippen molar-refractivity contribution in [3.63, 3.8) is 0 Å². The smallest absolute Gasteiger partial charge is 0.337 e. The summed E-state index contributed by atoms with van der Waals surface area (Å²) >= 11 is 0. The van der Waals surface area contributed by atoms with E-state index in [0.29, 0.717) is 6.42 Å². The first-order valence-electron chi connectivity index (χ1n) is 5.09. The van der Waals surface area contributed by atoms with Crippen LogP contribution in [0.2, 0.25) is 0 Å². The Bertz CT molecular complexity index is 463. The number of rotatable bonds is 3. The number of hydrogen-bond donors (Lipinski definition) is 2. The van der Waals surface area contributed by atoms with Crippen LogP contribution >= 0.6 is 0 Å². The highest BCUT2D eigenvalue weighted by atomic mass is 19.4. The number of terminal acetylenes is 1. The van der Waals surface area contributed by atoms with Gasteiger partial charge in [0.25, 0.3) is 0 Å². The van der Waals surface area contributed by atoms with E-state index in [1.165, 1.54) is 18.2 Å². The number of halogens is 3. The highest BCUT2D eigenvalue weighted by molar-refractivity contribution is 5.90. The highest BCUT2D eigenvalue weighted by Gasteiger charge is 2.33. The van der Waals surface area contributed by atoms with Crippen LogP contribution in [-0.2, 0) is 6.18 Å². The molecule has 0 heterocycles. The first-order chi connectivity index (χ1) is 8.45. The lowest BCUT2D eigenvalue weighted by Gasteiger charge is -2.13. The second-order valence-corrected chi connectivity index (χ2v) is 3.38. The van der Waals surface area contributed by atoms with Gasteiger partial charge in [0, 0.05) is 13.0 Å². The van der Waals surface area contributed by atoms with Crippen molar-refractivity contribution < 1.29 is 18.0 Å². The van der Waals surface area contributed by atoms with Crippen LogP contribution in [0.3, 0.4) is 0 Å². The SMILES string of the molecule is C#CCCNC(=O)Nc1ccccc1C(F)(F)F. The maximum absolute atomic E-state index is 12.6. The molecule has 1 aromatic rings. The van der Waals surface area contributed by atoms with Crippen molar-refractivity contribution >= 4 is 11.7 Å². The van der Waals surface area contributed by atoms with E-state index < -0.39 is 17.8 Å². The summed E-state index contributed by atoms with van der Waals surface area (Å²) < 4.78 is 37.8. The van der Waals surface area contributed by atoms with Crippen molar-refractivity contribution in [2.75, 3.05) is 11.9 Å². The summed E-state index contributed by atoms with van der Waals surface area (Å²) in [5.74, 6) is 2.30. The molecule has 0 saturated carbocycles. The quantitative estimate of drug-likeness (QED) is 0.633. The molecule has 2 N–H and O–H groups in total. The standard InChI is InChI=1S/C12H11F3N2O/c1-2-3-8-16-11(18)17-10-7-5-4-6-9(10)12(13,14)15/h1,4-7H,3,8H2,(H2,16,17,18). The van der Waals surface area contributed by atoms with E-state index in [1.807, 2.05) is 0 Å². The molecule has 0 fully saturated rings. The van der Waals surface area contributed by atoms with Crippen LogP contribution in [0.5, 0.6) is 0 Å². The fourth-order valence-electron chi connectivity index (χ4n) is 1.25. The lowest BCUT2D eigenvalue weighted by molar-refractivity contribution is -0.136. The average Bonchev–Trinajstić information content (AvgIpc) is 2.28. The van der Waals surface area contributed by atoms with Gasteiger partial charge in [-0.25, -0.2) is 4.79 Å². The van der Waals surface area contributed by atoms with Crippen LogP contribution in [-0.4, -0.2) is 12.6 Å². The molecule has 0 spiro atoms. The number of anilines is 1. The molecule has 0 aromatic heterocycles. The Balaban J connectivity index is 2.73. The maximum Gasteiger partial charge on any atom is 0.418 e. The summed E-state index contributed by atoms with van der Waals surface area (Å²) in [6.07, 6.45) is 0.781. The second-order valence-electron chi connectivity index (χ2n) is 3.38. The first kappa shape index (κ1) is 13.9. The van der Waals surface area contributed by atoms with Crippen molar-refractivity contribution in [2.45, 2.75) is 12.6 Å². The van der Waals surface area contributed by atoms with Gasteiger partial charge in [0.1, 0.15) is 0 Å². The third kappa shape index (κ3) is 4.01. The fourth-order valence-corrected chi connectivity index (χ4v) is 1.25. The Morgan fingerprint density at radius 3 is 2.61 bits per heavy atom. The van der Waals surface area contributed by atoms with Gasteiger partial charge in [-0.1, -0.05) is 12.1 Å². The Hall–Kier alpha value is -2.16. The van der Waals surface area contributed by atoms with Crippen LogP contribution in [0.1, 0.15) is 12.0 Å². The Morgan fingerprint density at radius 1 is 1.33 bits per heavy atom. The summed E-state index contributed by atoms with van der Waals surface area (Å²) in [6.45, 7) is 0.205. The number of benzene rings is 1. The monoisotopic (exact) mass is 256 g/mol. The van der Waals surface area contributed by atoms with Gasteiger partial charge in [-0.2, -0.15) is 13.2 Å². The predicted molar refractivity (Wildman–Crippen MR) is 61.9 cm³/mol. The zero-order valence-electron chi connectivity index (χ0n) is 9.34. The van der Waals surface area contributed by atoms with E-state index in [0.717, 1.165) is 6.07 Å². The van der Waals surface area contributed by atoms with Crippen LogP contribution in [0, 0.1) is 12.3 Å². The minimum absolute atomic E-state index is 0.205. The number of nitrogens with one attached hydrogen (secondary N) is 2. The summed E-state index contributed by atoms with van der Waals surface area (Å²) in [6, 6.07) is 4.03. The molecule has 96 valence electrons. The summed E-state index contributed by atoms with van der Waals surface area (Å²) in [5.41, 5.74) is -1.18. The molecule has 1 aromatic carbocycles. The molecule has 0 atom stereocenters. The molecule has 0 saturated heterocycles. The summed E-state index contributed by atoms with van der Waals surface area (Å²) in [4.78, 5) is 11.3. The van der Waals surface area contributed by atoms with Crippen LogP contribution < -0.4 is 10.6 Å². The molecular weight excluding hydrogens is 245 g/mol. The zero-order valence-corrected chi connectivity index (χ0v) is 9.34. The number of amides is 2. The van der Waals surface area contributed by atoms with Crippen LogP contribution in [0.4, 0.5) is 23.7 Å². The largest absolute Gasteiger partial charge is 0.418 e. The van der Waals surface area contributed by atoms with Gasteiger partial charge in [-0.05, 0) is 12.1 Å². The molecule has 0 bridgehead atoms. The maximum atomic E-state index is 12.6. The van der Waals surface area contributed by atoms with Gasteiger partial charge in [0.05, 0.1) is 11.3 Å². The fraction of sp³-hybridized carbons (Fsp3) is 0.250. The van der Waals surface area contributed by atoms with E-state index >= 15 is 0 Å². The number of para-hydroxylation sites is 1. The lowest BCUT2D eigenvalue weighted by atomic mass is 10.1. The van der Waals surface area contributed by atoms with Gasteiger partial charge in [-0.15, -0.1) is 12.3 Å². The molecular formula is C12H11F3N2O. The normalized spacial score (nSPS) is 10.6. The molecule has 18 heavy (non-hydrogen) atoms. The Labute approximate surface area is 102 Å². The first-order valence-corrected chi connectivity index (χ1v) is 5.09. The summed E-state index contributed by atoms with van der Waals surface area (Å²) in [7, 11) is 0. The molecule has 0 unspecified atom stereocenters. The van der Waals surface area contributed by atoms with E-state index in [2.05, 4.69) is 16.6 Å². The number of urea groups is 1. The predicted octanol–water partition coefficient (Wildman–Crippen LogP) is 2.85. The number of hydrogen-bond acceptors (Lipinski definition) is 1. The Morgan fingerprint density at radius 2 is 2.00 bits per heavy atom. The van der Waals surface area contributed by atoms with Crippen molar-refractivity contribution in [1.82, 2.24) is 5.32 Å². The molecule has 2 amide bonds. The van der Waals surface area contributed by atoms with Crippen LogP contribution in [0.15, 0.2) is 24.3 Å².